The second-order valence-electron chi connectivity index (χ2n) is 5.40. The number of carbonyl (C=O) groups is 1. The topological polar surface area (TPSA) is 50.4 Å². The van der Waals surface area contributed by atoms with Crippen LogP contribution in [-0.2, 0) is 17.6 Å². The molecule has 5 heteroatoms. The first-order valence-corrected chi connectivity index (χ1v) is 8.44. The van der Waals surface area contributed by atoms with Gasteiger partial charge in [-0.05, 0) is 42.2 Å². The van der Waals surface area contributed by atoms with Gasteiger partial charge in [0.1, 0.15) is 5.75 Å². The summed E-state index contributed by atoms with van der Waals surface area (Å²) in [5, 5.41) is 6.69. The molecule has 1 amide bonds. The molecule has 2 aromatic carbocycles. The summed E-state index contributed by atoms with van der Waals surface area (Å²) >= 11 is 6.00. The average Bonchev–Trinajstić information content (AvgIpc) is 2.60. The lowest BCUT2D eigenvalue weighted by Gasteiger charge is -2.15. The van der Waals surface area contributed by atoms with Crippen LogP contribution in [0.3, 0.4) is 0 Å². The normalized spacial score (nSPS) is 10.3. The minimum Gasteiger partial charge on any atom is -0.495 e. The summed E-state index contributed by atoms with van der Waals surface area (Å²) in [5.41, 5.74) is 3.90. The molecule has 0 unspecified atom stereocenters. The van der Waals surface area contributed by atoms with Crippen LogP contribution in [0.1, 0.15) is 25.0 Å². The van der Waals surface area contributed by atoms with E-state index in [2.05, 4.69) is 24.5 Å². The van der Waals surface area contributed by atoms with Crippen LogP contribution in [0.4, 0.5) is 11.4 Å². The number of ether oxygens (including phenoxy) is 1. The summed E-state index contributed by atoms with van der Waals surface area (Å²) in [4.78, 5) is 12.4. The fourth-order valence-corrected chi connectivity index (χ4v) is 2.75. The van der Waals surface area contributed by atoms with Crippen molar-refractivity contribution < 1.29 is 9.53 Å². The van der Waals surface area contributed by atoms with Crippen molar-refractivity contribution in [2.24, 2.45) is 0 Å². The number of rotatable bonds is 7. The molecule has 0 atom stereocenters. The average molecular weight is 347 g/mol. The molecule has 0 aliphatic carbocycles. The second kappa shape index (κ2) is 8.60. The van der Waals surface area contributed by atoms with E-state index in [-0.39, 0.29) is 12.5 Å². The number of methoxy groups -OCH3 is 1. The van der Waals surface area contributed by atoms with E-state index >= 15 is 0 Å². The molecule has 2 rings (SSSR count). The fraction of sp³-hybridized carbons (Fsp3) is 0.316. The Morgan fingerprint density at radius 3 is 2.38 bits per heavy atom. The SMILES string of the molecule is CCc1cccc(CC)c1NC(=O)CNc1cc(Cl)ccc1OC. The van der Waals surface area contributed by atoms with Gasteiger partial charge in [-0.1, -0.05) is 43.6 Å². The first kappa shape index (κ1) is 18.1. The number of aryl methyl sites for hydroxylation is 2. The van der Waals surface area contributed by atoms with E-state index in [1.807, 2.05) is 18.2 Å². The lowest BCUT2D eigenvalue weighted by molar-refractivity contribution is -0.114. The van der Waals surface area contributed by atoms with Gasteiger partial charge < -0.3 is 15.4 Å². The van der Waals surface area contributed by atoms with Crippen molar-refractivity contribution in [3.05, 3.63) is 52.5 Å². The van der Waals surface area contributed by atoms with Crippen molar-refractivity contribution in [2.45, 2.75) is 26.7 Å². The van der Waals surface area contributed by atoms with E-state index in [0.717, 1.165) is 29.7 Å². The molecule has 0 aromatic heterocycles. The van der Waals surface area contributed by atoms with E-state index in [4.69, 9.17) is 16.3 Å². The molecule has 2 N–H and O–H groups in total. The number of nitrogens with one attached hydrogen (secondary N) is 2. The summed E-state index contributed by atoms with van der Waals surface area (Å²) in [5.74, 6) is 0.544. The van der Waals surface area contributed by atoms with Gasteiger partial charge in [-0.15, -0.1) is 0 Å². The van der Waals surface area contributed by atoms with Crippen molar-refractivity contribution in [2.75, 3.05) is 24.3 Å². The van der Waals surface area contributed by atoms with Crippen molar-refractivity contribution in [1.29, 1.82) is 0 Å². The molecule has 0 spiro atoms. The molecule has 4 nitrogen and oxygen atoms in total. The maximum Gasteiger partial charge on any atom is 0.243 e. The molecular formula is C19H23ClN2O2. The van der Waals surface area contributed by atoms with Crippen LogP contribution in [0, 0.1) is 0 Å². The molecule has 0 radical (unpaired) electrons. The zero-order chi connectivity index (χ0) is 17.5. The molecule has 0 fully saturated rings. The number of hydrogen-bond acceptors (Lipinski definition) is 3. The Kier molecular flexibility index (Phi) is 6.50. The number of hydrogen-bond donors (Lipinski definition) is 2. The smallest absolute Gasteiger partial charge is 0.243 e. The maximum absolute atomic E-state index is 12.4. The van der Waals surface area contributed by atoms with Gasteiger partial charge in [-0.25, -0.2) is 0 Å². The highest BCUT2D eigenvalue weighted by Crippen LogP contribution is 2.27. The zero-order valence-electron chi connectivity index (χ0n) is 14.3. The van der Waals surface area contributed by atoms with Crippen LogP contribution in [-0.4, -0.2) is 19.6 Å². The first-order chi connectivity index (χ1) is 11.6. The van der Waals surface area contributed by atoms with E-state index in [0.29, 0.717) is 16.5 Å². The van der Waals surface area contributed by atoms with Gasteiger partial charge in [0.25, 0.3) is 0 Å². The van der Waals surface area contributed by atoms with Crippen LogP contribution < -0.4 is 15.4 Å². The summed E-state index contributed by atoms with van der Waals surface area (Å²) in [7, 11) is 1.58. The predicted octanol–water partition coefficient (Wildman–Crippen LogP) is 4.52. The van der Waals surface area contributed by atoms with Gasteiger partial charge in [-0.3, -0.25) is 4.79 Å². The number of amides is 1. The number of benzene rings is 2. The standard InChI is InChI=1S/C19H23ClN2O2/c1-4-13-7-6-8-14(5-2)19(13)22-18(23)12-21-16-11-15(20)9-10-17(16)24-3/h6-11,21H,4-5,12H2,1-3H3,(H,22,23). The molecule has 0 saturated heterocycles. The van der Waals surface area contributed by atoms with Gasteiger partial charge in [0, 0.05) is 10.7 Å². The van der Waals surface area contributed by atoms with Crippen LogP contribution in [0.15, 0.2) is 36.4 Å². The molecule has 0 aliphatic heterocycles. The molecule has 0 bridgehead atoms. The highest BCUT2D eigenvalue weighted by molar-refractivity contribution is 6.30. The largest absolute Gasteiger partial charge is 0.495 e. The number of para-hydroxylation sites is 1. The number of halogens is 1. The van der Waals surface area contributed by atoms with Crippen molar-refractivity contribution in [3.63, 3.8) is 0 Å². The van der Waals surface area contributed by atoms with E-state index < -0.39 is 0 Å². The Morgan fingerprint density at radius 1 is 1.12 bits per heavy atom. The van der Waals surface area contributed by atoms with E-state index in [1.54, 1.807) is 25.3 Å². The Bertz CT molecular complexity index is 694. The monoisotopic (exact) mass is 346 g/mol. The Labute approximate surface area is 148 Å². The third-order valence-corrected chi connectivity index (χ3v) is 4.10. The number of anilines is 2. The molecule has 0 heterocycles. The second-order valence-corrected chi connectivity index (χ2v) is 5.84. The fourth-order valence-electron chi connectivity index (χ4n) is 2.58. The van der Waals surface area contributed by atoms with Crippen molar-refractivity contribution in [3.8, 4) is 5.75 Å². The van der Waals surface area contributed by atoms with Crippen LogP contribution in [0.5, 0.6) is 5.75 Å². The Balaban J connectivity index is 2.08. The Morgan fingerprint density at radius 2 is 1.79 bits per heavy atom. The van der Waals surface area contributed by atoms with Gasteiger partial charge in [0.2, 0.25) is 5.91 Å². The first-order valence-electron chi connectivity index (χ1n) is 8.07. The highest BCUT2D eigenvalue weighted by atomic mass is 35.5. The van der Waals surface area contributed by atoms with Crippen molar-refractivity contribution >= 4 is 28.9 Å². The summed E-state index contributed by atoms with van der Waals surface area (Å²) in [6.45, 7) is 4.30. The van der Waals surface area contributed by atoms with Gasteiger partial charge in [0.05, 0.1) is 19.3 Å². The third kappa shape index (κ3) is 4.42. The van der Waals surface area contributed by atoms with Gasteiger partial charge in [-0.2, -0.15) is 0 Å². The van der Waals surface area contributed by atoms with Gasteiger partial charge in [0.15, 0.2) is 0 Å². The summed E-state index contributed by atoms with van der Waals surface area (Å²) < 4.78 is 5.27. The zero-order valence-corrected chi connectivity index (χ0v) is 15.0. The van der Waals surface area contributed by atoms with Gasteiger partial charge >= 0.3 is 0 Å². The highest BCUT2D eigenvalue weighted by Gasteiger charge is 2.11. The van der Waals surface area contributed by atoms with E-state index in [9.17, 15) is 4.79 Å². The predicted molar refractivity (Wildman–Crippen MR) is 100 cm³/mol. The summed E-state index contributed by atoms with van der Waals surface area (Å²) in [6, 6.07) is 11.4. The molecule has 128 valence electrons. The molecular weight excluding hydrogens is 324 g/mol. The van der Waals surface area contributed by atoms with Crippen LogP contribution >= 0.6 is 11.6 Å². The maximum atomic E-state index is 12.4. The molecule has 2 aromatic rings. The lowest BCUT2D eigenvalue weighted by atomic mass is 10.0. The van der Waals surface area contributed by atoms with E-state index in [1.165, 1.54) is 0 Å². The lowest BCUT2D eigenvalue weighted by Crippen LogP contribution is -2.23. The van der Waals surface area contributed by atoms with Crippen LogP contribution in [0.25, 0.3) is 0 Å². The minimum absolute atomic E-state index is 0.104. The third-order valence-electron chi connectivity index (χ3n) is 3.86. The quantitative estimate of drug-likeness (QED) is 0.774. The molecule has 0 saturated carbocycles. The minimum atomic E-state index is -0.104. The number of carbonyl (C=O) groups excluding carboxylic acids is 1. The summed E-state index contributed by atoms with van der Waals surface area (Å²) in [6.07, 6.45) is 1.75. The molecule has 0 aliphatic rings. The van der Waals surface area contributed by atoms with Crippen molar-refractivity contribution in [1.82, 2.24) is 0 Å². The Hall–Kier alpha value is -2.20. The molecule has 24 heavy (non-hydrogen) atoms. The van der Waals surface area contributed by atoms with Crippen LogP contribution in [0.2, 0.25) is 5.02 Å².